The maximum absolute atomic E-state index is 11.6. The van der Waals surface area contributed by atoms with Gasteiger partial charge in [-0.15, -0.1) is 0 Å². The van der Waals surface area contributed by atoms with Gasteiger partial charge in [-0.1, -0.05) is 66.7 Å². The van der Waals surface area contributed by atoms with Crippen LogP contribution in [0.5, 0.6) is 0 Å². The Bertz CT molecular complexity index is 1040. The zero-order valence-corrected chi connectivity index (χ0v) is 12.2. The van der Waals surface area contributed by atoms with Crippen molar-refractivity contribution in [2.24, 2.45) is 0 Å². The van der Waals surface area contributed by atoms with Crippen molar-refractivity contribution in [3.8, 4) is 11.3 Å². The van der Waals surface area contributed by atoms with Gasteiger partial charge in [0.25, 0.3) is 0 Å². The average molecular weight is 299 g/mol. The van der Waals surface area contributed by atoms with Crippen LogP contribution in [0.15, 0.2) is 72.8 Å². The fraction of sp³-hybridized carbons (Fsp3) is 0. The van der Waals surface area contributed by atoms with E-state index in [1.54, 1.807) is 12.1 Å². The number of hydrogen-bond acceptors (Lipinski definition) is 2. The quantitative estimate of drug-likeness (QED) is 0.543. The molecule has 0 aliphatic rings. The first-order chi connectivity index (χ1) is 11.3. The van der Waals surface area contributed by atoms with Gasteiger partial charge in [-0.2, -0.15) is 0 Å². The van der Waals surface area contributed by atoms with Gasteiger partial charge in [0.05, 0.1) is 16.8 Å². The topological polar surface area (TPSA) is 50.2 Å². The van der Waals surface area contributed by atoms with Gasteiger partial charge in [0.15, 0.2) is 0 Å². The highest BCUT2D eigenvalue weighted by Crippen LogP contribution is 2.33. The number of carbonyl (C=O) groups is 1. The summed E-state index contributed by atoms with van der Waals surface area (Å²) in [7, 11) is 0. The second-order valence-corrected chi connectivity index (χ2v) is 5.38. The second-order valence-electron chi connectivity index (χ2n) is 5.38. The third kappa shape index (κ3) is 2.14. The molecule has 0 saturated heterocycles. The molecule has 4 rings (SSSR count). The molecule has 1 aromatic heterocycles. The standard InChI is InChI=1S/C20H13NO2/c22-20(23)17-12-6-11-16-14-9-4-5-10-15(14)18(21-19(16)17)13-7-2-1-3-8-13/h1-12H,(H,22,23). The molecule has 3 heteroatoms. The van der Waals surface area contributed by atoms with Crippen LogP contribution < -0.4 is 0 Å². The molecular formula is C20H13NO2. The SMILES string of the molecule is O=C(O)c1cccc2c1nc(-c1ccccc1)c1ccccc12. The van der Waals surface area contributed by atoms with E-state index in [0.717, 1.165) is 27.4 Å². The largest absolute Gasteiger partial charge is 0.478 e. The van der Waals surface area contributed by atoms with Crippen LogP contribution in [0.3, 0.4) is 0 Å². The van der Waals surface area contributed by atoms with Crippen molar-refractivity contribution in [1.29, 1.82) is 0 Å². The van der Waals surface area contributed by atoms with Crippen molar-refractivity contribution in [2.45, 2.75) is 0 Å². The van der Waals surface area contributed by atoms with E-state index in [1.807, 2.05) is 60.7 Å². The number of nitrogens with zero attached hydrogens (tertiary/aromatic N) is 1. The highest BCUT2D eigenvalue weighted by Gasteiger charge is 2.15. The summed E-state index contributed by atoms with van der Waals surface area (Å²) in [4.78, 5) is 16.3. The predicted octanol–water partition coefficient (Wildman–Crippen LogP) is 4.75. The van der Waals surface area contributed by atoms with Gasteiger partial charge in [-0.05, 0) is 11.5 Å². The smallest absolute Gasteiger partial charge is 0.337 e. The van der Waals surface area contributed by atoms with Gasteiger partial charge < -0.3 is 5.11 Å². The van der Waals surface area contributed by atoms with Crippen molar-refractivity contribution in [3.63, 3.8) is 0 Å². The first kappa shape index (κ1) is 13.5. The minimum atomic E-state index is -0.961. The van der Waals surface area contributed by atoms with Crippen molar-refractivity contribution in [1.82, 2.24) is 4.98 Å². The number of benzene rings is 3. The molecule has 110 valence electrons. The number of aromatic carboxylic acids is 1. The molecule has 0 saturated carbocycles. The lowest BCUT2D eigenvalue weighted by atomic mass is 9.98. The van der Waals surface area contributed by atoms with Crippen LogP contribution in [-0.2, 0) is 0 Å². The van der Waals surface area contributed by atoms with Crippen molar-refractivity contribution < 1.29 is 9.90 Å². The molecule has 0 aliphatic carbocycles. The number of para-hydroxylation sites is 1. The summed E-state index contributed by atoms with van der Waals surface area (Å²) in [6, 6.07) is 23.1. The maximum Gasteiger partial charge on any atom is 0.337 e. The van der Waals surface area contributed by atoms with Crippen LogP contribution in [0, 0.1) is 0 Å². The molecule has 1 heterocycles. The minimum absolute atomic E-state index is 0.227. The number of fused-ring (bicyclic) bond motifs is 3. The maximum atomic E-state index is 11.6. The molecule has 0 bridgehead atoms. The first-order valence-electron chi connectivity index (χ1n) is 7.36. The summed E-state index contributed by atoms with van der Waals surface area (Å²) in [6.07, 6.45) is 0. The Morgan fingerprint density at radius 1 is 0.739 bits per heavy atom. The lowest BCUT2D eigenvalue weighted by Crippen LogP contribution is -2.00. The van der Waals surface area contributed by atoms with Gasteiger partial charge in [0.2, 0.25) is 0 Å². The van der Waals surface area contributed by atoms with E-state index in [1.165, 1.54) is 0 Å². The molecule has 0 aliphatic heterocycles. The third-order valence-electron chi connectivity index (χ3n) is 4.01. The molecule has 0 radical (unpaired) electrons. The first-order valence-corrected chi connectivity index (χ1v) is 7.36. The Kier molecular flexibility index (Phi) is 3.05. The number of aromatic nitrogens is 1. The van der Waals surface area contributed by atoms with E-state index in [9.17, 15) is 9.90 Å². The van der Waals surface area contributed by atoms with E-state index >= 15 is 0 Å². The molecule has 1 N–H and O–H groups in total. The summed E-state index contributed by atoms with van der Waals surface area (Å²) < 4.78 is 0. The number of pyridine rings is 1. The molecule has 0 atom stereocenters. The third-order valence-corrected chi connectivity index (χ3v) is 4.01. The Balaban J connectivity index is 2.21. The molecule has 23 heavy (non-hydrogen) atoms. The summed E-state index contributed by atoms with van der Waals surface area (Å²) in [5.74, 6) is -0.961. The predicted molar refractivity (Wildman–Crippen MR) is 91.6 cm³/mol. The number of carboxylic acid groups (broad SMARTS) is 1. The monoisotopic (exact) mass is 299 g/mol. The molecule has 0 unspecified atom stereocenters. The molecule has 0 spiro atoms. The van der Waals surface area contributed by atoms with Crippen molar-refractivity contribution in [2.75, 3.05) is 0 Å². The number of carboxylic acids is 1. The Labute approximate surface area is 132 Å². The van der Waals surface area contributed by atoms with Gasteiger partial charge >= 0.3 is 5.97 Å². The average Bonchev–Trinajstić information content (AvgIpc) is 2.61. The fourth-order valence-corrected chi connectivity index (χ4v) is 2.97. The van der Waals surface area contributed by atoms with E-state index < -0.39 is 5.97 Å². The van der Waals surface area contributed by atoms with Crippen LogP contribution in [0.2, 0.25) is 0 Å². The summed E-state index contributed by atoms with van der Waals surface area (Å²) in [5.41, 5.74) is 2.54. The molecule has 3 nitrogen and oxygen atoms in total. The summed E-state index contributed by atoms with van der Waals surface area (Å²) in [6.45, 7) is 0. The normalized spacial score (nSPS) is 11.0. The molecule has 0 amide bonds. The number of rotatable bonds is 2. The fourth-order valence-electron chi connectivity index (χ4n) is 2.97. The minimum Gasteiger partial charge on any atom is -0.478 e. The summed E-state index contributed by atoms with van der Waals surface area (Å²) in [5, 5.41) is 12.4. The number of hydrogen-bond donors (Lipinski definition) is 1. The van der Waals surface area contributed by atoms with Crippen LogP contribution in [-0.4, -0.2) is 16.1 Å². The van der Waals surface area contributed by atoms with E-state index in [2.05, 4.69) is 0 Å². The van der Waals surface area contributed by atoms with E-state index in [-0.39, 0.29) is 5.56 Å². The van der Waals surface area contributed by atoms with Gasteiger partial charge in [-0.3, -0.25) is 0 Å². The summed E-state index contributed by atoms with van der Waals surface area (Å²) >= 11 is 0. The van der Waals surface area contributed by atoms with Gasteiger partial charge in [0.1, 0.15) is 0 Å². The Hall–Kier alpha value is -3.20. The Morgan fingerprint density at radius 3 is 2.13 bits per heavy atom. The van der Waals surface area contributed by atoms with Gasteiger partial charge in [0, 0.05) is 16.3 Å². The van der Waals surface area contributed by atoms with Crippen LogP contribution >= 0.6 is 0 Å². The Morgan fingerprint density at radius 2 is 1.39 bits per heavy atom. The molecular weight excluding hydrogens is 286 g/mol. The van der Waals surface area contributed by atoms with Crippen LogP contribution in [0.4, 0.5) is 0 Å². The highest BCUT2D eigenvalue weighted by atomic mass is 16.4. The molecule has 4 aromatic rings. The van der Waals surface area contributed by atoms with E-state index in [0.29, 0.717) is 5.52 Å². The zero-order chi connectivity index (χ0) is 15.8. The molecule has 3 aromatic carbocycles. The van der Waals surface area contributed by atoms with Gasteiger partial charge in [-0.25, -0.2) is 9.78 Å². The zero-order valence-electron chi connectivity index (χ0n) is 12.2. The van der Waals surface area contributed by atoms with E-state index in [4.69, 9.17) is 4.98 Å². The second kappa shape index (κ2) is 5.21. The van der Waals surface area contributed by atoms with Crippen LogP contribution in [0.25, 0.3) is 32.9 Å². The van der Waals surface area contributed by atoms with Crippen molar-refractivity contribution in [3.05, 3.63) is 78.4 Å². The highest BCUT2D eigenvalue weighted by molar-refractivity contribution is 6.15. The van der Waals surface area contributed by atoms with Crippen LogP contribution in [0.1, 0.15) is 10.4 Å². The molecule has 0 fully saturated rings. The lowest BCUT2D eigenvalue weighted by Gasteiger charge is -2.11. The lowest BCUT2D eigenvalue weighted by molar-refractivity contribution is 0.0699. The van der Waals surface area contributed by atoms with Crippen molar-refractivity contribution >= 4 is 27.6 Å².